The van der Waals surface area contributed by atoms with Gasteiger partial charge in [-0.25, -0.2) is 4.79 Å². The van der Waals surface area contributed by atoms with E-state index in [1.54, 1.807) is 6.07 Å². The van der Waals surface area contributed by atoms with Gasteiger partial charge < -0.3 is 10.3 Å². The van der Waals surface area contributed by atoms with Crippen LogP contribution in [-0.4, -0.2) is 34.9 Å². The number of aromatic nitrogens is 1. The summed E-state index contributed by atoms with van der Waals surface area (Å²) < 4.78 is 0. The van der Waals surface area contributed by atoms with Gasteiger partial charge in [-0.05, 0) is 11.6 Å². The summed E-state index contributed by atoms with van der Waals surface area (Å²) in [5.74, 6) is -0.262. The number of carbonyl (C=O) groups is 2. The Kier molecular flexibility index (Phi) is 4.16. The third kappa shape index (κ3) is 2.47. The maximum atomic E-state index is 11.9. The standard InChI is InChI=1S/C13H11Cl2N3O2.CH4/c1-18-12(19)9(16-13(18)20)5-7-6-3-2-4-8(14)10(6)17-11(7)15;/h2-4,9,17H,5H2,1H3,(H,16,20);1H4/t9-;/m1./s1. The van der Waals surface area contributed by atoms with Crippen LogP contribution in [0.3, 0.4) is 0 Å². The number of benzene rings is 1. The van der Waals surface area contributed by atoms with E-state index in [2.05, 4.69) is 10.3 Å². The van der Waals surface area contributed by atoms with Gasteiger partial charge in [0, 0.05) is 18.9 Å². The fourth-order valence-corrected chi connectivity index (χ4v) is 2.88. The molecular formula is C14H15Cl2N3O2. The molecule has 0 spiro atoms. The molecule has 1 aliphatic heterocycles. The van der Waals surface area contributed by atoms with Crippen LogP contribution in [-0.2, 0) is 11.2 Å². The molecule has 3 rings (SSSR count). The van der Waals surface area contributed by atoms with Crippen LogP contribution in [0.4, 0.5) is 4.79 Å². The van der Waals surface area contributed by atoms with Gasteiger partial charge in [-0.15, -0.1) is 0 Å². The van der Waals surface area contributed by atoms with Crippen LogP contribution in [0.5, 0.6) is 0 Å². The summed E-state index contributed by atoms with van der Waals surface area (Å²) in [6, 6.07) is 4.47. The topological polar surface area (TPSA) is 65.2 Å². The van der Waals surface area contributed by atoms with Crippen molar-refractivity contribution >= 4 is 46.0 Å². The van der Waals surface area contributed by atoms with E-state index in [-0.39, 0.29) is 13.3 Å². The molecule has 2 heterocycles. The molecule has 1 aromatic heterocycles. The van der Waals surface area contributed by atoms with Crippen molar-refractivity contribution in [3.8, 4) is 0 Å². The van der Waals surface area contributed by atoms with Gasteiger partial charge in [0.1, 0.15) is 11.2 Å². The minimum absolute atomic E-state index is 0. The Balaban J connectivity index is 0.00000161. The van der Waals surface area contributed by atoms with Crippen LogP contribution in [0, 0.1) is 0 Å². The quantitative estimate of drug-likeness (QED) is 0.832. The number of imide groups is 1. The van der Waals surface area contributed by atoms with E-state index in [0.29, 0.717) is 16.6 Å². The van der Waals surface area contributed by atoms with E-state index in [0.717, 1.165) is 21.4 Å². The summed E-state index contributed by atoms with van der Waals surface area (Å²) in [7, 11) is 1.45. The van der Waals surface area contributed by atoms with Crippen molar-refractivity contribution in [3.63, 3.8) is 0 Å². The first-order valence-corrected chi connectivity index (χ1v) is 6.77. The van der Waals surface area contributed by atoms with Gasteiger partial charge in [0.25, 0.3) is 5.91 Å². The molecule has 112 valence electrons. The van der Waals surface area contributed by atoms with Gasteiger partial charge in [-0.2, -0.15) is 0 Å². The average Bonchev–Trinajstić information content (AvgIpc) is 2.85. The molecule has 5 nitrogen and oxygen atoms in total. The Bertz CT molecular complexity index is 726. The van der Waals surface area contributed by atoms with E-state index >= 15 is 0 Å². The summed E-state index contributed by atoms with van der Waals surface area (Å²) in [5, 5.41) is 4.49. The number of aromatic amines is 1. The number of nitrogens with zero attached hydrogens (tertiary/aromatic N) is 1. The normalized spacial score (nSPS) is 18.0. The lowest BCUT2D eigenvalue weighted by Crippen LogP contribution is -2.31. The Morgan fingerprint density at radius 1 is 1.29 bits per heavy atom. The van der Waals surface area contributed by atoms with E-state index in [1.807, 2.05) is 12.1 Å². The molecule has 2 N–H and O–H groups in total. The van der Waals surface area contributed by atoms with Crippen LogP contribution in [0.25, 0.3) is 10.9 Å². The molecule has 1 saturated heterocycles. The molecule has 7 heteroatoms. The molecule has 0 aliphatic carbocycles. The molecule has 0 unspecified atom stereocenters. The first kappa shape index (κ1) is 15.7. The van der Waals surface area contributed by atoms with Crippen LogP contribution in [0.2, 0.25) is 10.2 Å². The first-order chi connectivity index (χ1) is 9.49. The molecular weight excluding hydrogens is 313 g/mol. The molecule has 0 saturated carbocycles. The van der Waals surface area contributed by atoms with Gasteiger partial charge in [0.2, 0.25) is 0 Å². The van der Waals surface area contributed by atoms with Crippen molar-refractivity contribution in [2.45, 2.75) is 19.9 Å². The number of para-hydroxylation sites is 1. The number of fused-ring (bicyclic) bond motifs is 1. The monoisotopic (exact) mass is 327 g/mol. The smallest absolute Gasteiger partial charge is 0.324 e. The molecule has 1 fully saturated rings. The number of halogens is 2. The lowest BCUT2D eigenvalue weighted by molar-refractivity contribution is -0.126. The zero-order valence-corrected chi connectivity index (χ0v) is 12.0. The summed E-state index contributed by atoms with van der Waals surface area (Å²) in [6.45, 7) is 0. The minimum Gasteiger partial charge on any atom is -0.344 e. The molecule has 1 atom stereocenters. The van der Waals surface area contributed by atoms with Crippen molar-refractivity contribution in [1.82, 2.24) is 15.2 Å². The van der Waals surface area contributed by atoms with E-state index in [9.17, 15) is 9.59 Å². The molecule has 2 aromatic rings. The molecule has 3 amide bonds. The van der Waals surface area contributed by atoms with Gasteiger partial charge in [0.15, 0.2) is 0 Å². The number of urea groups is 1. The zero-order valence-electron chi connectivity index (χ0n) is 10.5. The first-order valence-electron chi connectivity index (χ1n) is 6.01. The lowest BCUT2D eigenvalue weighted by Gasteiger charge is -2.07. The number of rotatable bonds is 2. The molecule has 1 aromatic carbocycles. The van der Waals surface area contributed by atoms with Crippen LogP contribution >= 0.6 is 23.2 Å². The number of hydrogen-bond acceptors (Lipinski definition) is 2. The molecule has 0 bridgehead atoms. The largest absolute Gasteiger partial charge is 0.344 e. The highest BCUT2D eigenvalue weighted by Gasteiger charge is 2.36. The predicted octanol–water partition coefficient (Wildman–Crippen LogP) is 3.20. The summed E-state index contributed by atoms with van der Waals surface area (Å²) in [5.41, 5.74) is 1.51. The van der Waals surface area contributed by atoms with Gasteiger partial charge in [0.05, 0.1) is 10.5 Å². The summed E-state index contributed by atoms with van der Waals surface area (Å²) >= 11 is 12.3. The lowest BCUT2D eigenvalue weighted by atomic mass is 10.1. The fourth-order valence-electron chi connectivity index (χ4n) is 2.39. The second-order valence-electron chi connectivity index (χ2n) is 4.68. The van der Waals surface area contributed by atoms with Crippen LogP contribution < -0.4 is 5.32 Å². The van der Waals surface area contributed by atoms with Gasteiger partial charge >= 0.3 is 6.03 Å². The zero-order chi connectivity index (χ0) is 14.4. The Morgan fingerprint density at radius 2 is 2.00 bits per heavy atom. The Hall–Kier alpha value is -1.72. The molecule has 0 radical (unpaired) electrons. The van der Waals surface area contributed by atoms with Crippen molar-refractivity contribution < 1.29 is 9.59 Å². The van der Waals surface area contributed by atoms with Crippen LogP contribution in [0.15, 0.2) is 18.2 Å². The Labute approximate surface area is 132 Å². The minimum atomic E-state index is -0.594. The average molecular weight is 328 g/mol. The summed E-state index contributed by atoms with van der Waals surface area (Å²) in [6.07, 6.45) is 0.327. The predicted molar refractivity (Wildman–Crippen MR) is 83.8 cm³/mol. The maximum Gasteiger partial charge on any atom is 0.324 e. The second-order valence-corrected chi connectivity index (χ2v) is 5.47. The molecule has 21 heavy (non-hydrogen) atoms. The molecule has 1 aliphatic rings. The second kappa shape index (κ2) is 5.58. The number of nitrogens with one attached hydrogen (secondary N) is 2. The summed E-state index contributed by atoms with van der Waals surface area (Å²) in [4.78, 5) is 27.4. The van der Waals surface area contributed by atoms with Crippen molar-refractivity contribution in [3.05, 3.63) is 33.9 Å². The number of carbonyl (C=O) groups excluding carboxylic acids is 2. The Morgan fingerprint density at radius 3 is 2.62 bits per heavy atom. The third-order valence-corrected chi connectivity index (χ3v) is 4.12. The van der Waals surface area contributed by atoms with Crippen molar-refractivity contribution in [2.24, 2.45) is 0 Å². The highest BCUT2D eigenvalue weighted by Crippen LogP contribution is 2.32. The maximum absolute atomic E-state index is 11.9. The van der Waals surface area contributed by atoms with E-state index in [4.69, 9.17) is 23.2 Å². The number of likely N-dealkylation sites (N-methyl/N-ethyl adjacent to an activating group) is 1. The van der Waals surface area contributed by atoms with Gasteiger partial charge in [-0.1, -0.05) is 42.8 Å². The highest BCUT2D eigenvalue weighted by atomic mass is 35.5. The fraction of sp³-hybridized carbons (Fsp3) is 0.286. The van der Waals surface area contributed by atoms with Crippen molar-refractivity contribution in [2.75, 3.05) is 7.05 Å². The van der Waals surface area contributed by atoms with Crippen molar-refractivity contribution in [1.29, 1.82) is 0 Å². The number of hydrogen-bond donors (Lipinski definition) is 2. The number of amides is 3. The SMILES string of the molecule is C.CN1C(=O)N[C@H](Cc2c(Cl)[nH]c3c(Cl)cccc23)C1=O. The highest BCUT2D eigenvalue weighted by molar-refractivity contribution is 6.37. The number of H-pyrrole nitrogens is 1. The third-order valence-electron chi connectivity index (χ3n) is 3.48. The van der Waals surface area contributed by atoms with Gasteiger partial charge in [-0.3, -0.25) is 9.69 Å². The van der Waals surface area contributed by atoms with E-state index in [1.165, 1.54) is 7.05 Å². The van der Waals surface area contributed by atoms with Crippen LogP contribution in [0.1, 0.15) is 13.0 Å². The van der Waals surface area contributed by atoms with E-state index < -0.39 is 12.1 Å².